The molecule has 7 heteroatoms. The molecular weight excluding hydrogens is 406 g/mol. The summed E-state index contributed by atoms with van der Waals surface area (Å²) in [6.45, 7) is 6.53. The molecule has 2 heterocycles. The maximum absolute atomic E-state index is 13.4. The molecule has 170 valence electrons. The Morgan fingerprint density at radius 1 is 1.12 bits per heavy atom. The van der Waals surface area contributed by atoms with Crippen molar-refractivity contribution in [3.63, 3.8) is 0 Å². The third-order valence-corrected chi connectivity index (χ3v) is 5.74. The van der Waals surface area contributed by atoms with Gasteiger partial charge < -0.3 is 24.5 Å². The molecule has 7 nitrogen and oxygen atoms in total. The first-order valence-electron chi connectivity index (χ1n) is 11.2. The summed E-state index contributed by atoms with van der Waals surface area (Å²) in [5.41, 5.74) is 1.58. The van der Waals surface area contributed by atoms with Crippen LogP contribution in [0.15, 0.2) is 59.4 Å². The minimum Gasteiger partial charge on any atom is -0.457 e. The van der Waals surface area contributed by atoms with Gasteiger partial charge >= 0.3 is 0 Å². The molecule has 0 radical (unpaired) electrons. The van der Waals surface area contributed by atoms with E-state index in [1.807, 2.05) is 61.5 Å². The highest BCUT2D eigenvalue weighted by molar-refractivity contribution is 5.81. The van der Waals surface area contributed by atoms with E-state index in [4.69, 9.17) is 9.47 Å². The van der Waals surface area contributed by atoms with Gasteiger partial charge in [0.05, 0.1) is 18.7 Å². The number of ether oxygens (including phenoxy) is 2. The Labute approximate surface area is 188 Å². The van der Waals surface area contributed by atoms with Gasteiger partial charge in [-0.2, -0.15) is 0 Å². The van der Waals surface area contributed by atoms with E-state index in [0.29, 0.717) is 32.1 Å². The third-order valence-electron chi connectivity index (χ3n) is 5.74. The summed E-state index contributed by atoms with van der Waals surface area (Å²) in [5.74, 6) is 1.44. The molecule has 1 aliphatic rings. The summed E-state index contributed by atoms with van der Waals surface area (Å²) in [6.07, 6.45) is 0. The molecule has 0 aliphatic carbocycles. The number of fused-ring (bicyclic) bond motifs is 1. The average Bonchev–Trinajstić information content (AvgIpc) is 2.82. The van der Waals surface area contributed by atoms with Crippen LogP contribution in [0.2, 0.25) is 0 Å². The molecule has 0 bridgehead atoms. The largest absolute Gasteiger partial charge is 0.457 e. The average molecular weight is 438 g/mol. The molecule has 0 saturated carbocycles. The van der Waals surface area contributed by atoms with Crippen LogP contribution >= 0.6 is 0 Å². The van der Waals surface area contributed by atoms with Crippen molar-refractivity contribution in [3.05, 3.63) is 70.5 Å². The molecule has 1 saturated heterocycles. The molecule has 32 heavy (non-hydrogen) atoms. The number of hydrogen-bond donors (Lipinski definition) is 2. The Bertz CT molecular complexity index is 1080. The number of rotatable bonds is 9. The number of piperazine rings is 1. The monoisotopic (exact) mass is 437 g/mol. The predicted molar refractivity (Wildman–Crippen MR) is 125 cm³/mol. The molecule has 2 N–H and O–H groups in total. The van der Waals surface area contributed by atoms with Crippen molar-refractivity contribution in [2.24, 2.45) is 0 Å². The van der Waals surface area contributed by atoms with Crippen molar-refractivity contribution in [1.82, 2.24) is 14.8 Å². The smallest absolute Gasteiger partial charge is 0.255 e. The molecule has 1 aliphatic heterocycles. The molecule has 1 fully saturated rings. The summed E-state index contributed by atoms with van der Waals surface area (Å²) in [4.78, 5) is 15.7. The fraction of sp³-hybridized carbons (Fsp3) is 0.400. The minimum atomic E-state index is -0.00635. The summed E-state index contributed by atoms with van der Waals surface area (Å²) in [6, 6.07) is 17.5. The van der Waals surface area contributed by atoms with E-state index in [2.05, 4.69) is 10.2 Å². The number of nitrogens with one attached hydrogen (secondary N) is 1. The number of para-hydroxylation sites is 1. The van der Waals surface area contributed by atoms with E-state index < -0.39 is 0 Å². The van der Waals surface area contributed by atoms with Gasteiger partial charge in [-0.3, -0.25) is 9.69 Å². The van der Waals surface area contributed by atoms with E-state index in [-0.39, 0.29) is 18.2 Å². The van der Waals surface area contributed by atoms with Crippen LogP contribution in [0.3, 0.4) is 0 Å². The number of hydrogen-bond acceptors (Lipinski definition) is 6. The molecule has 1 atom stereocenters. The van der Waals surface area contributed by atoms with Crippen LogP contribution in [0.5, 0.6) is 11.5 Å². The van der Waals surface area contributed by atoms with Crippen molar-refractivity contribution in [1.29, 1.82) is 0 Å². The molecule has 0 amide bonds. The highest BCUT2D eigenvalue weighted by Gasteiger charge is 2.20. The second kappa shape index (κ2) is 10.7. The Kier molecular flexibility index (Phi) is 7.55. The lowest BCUT2D eigenvalue weighted by molar-refractivity contribution is 0.137. The molecular formula is C25H31N3O4. The fourth-order valence-corrected chi connectivity index (χ4v) is 4.14. The van der Waals surface area contributed by atoms with E-state index >= 15 is 0 Å². The van der Waals surface area contributed by atoms with Gasteiger partial charge in [0.1, 0.15) is 11.5 Å². The van der Waals surface area contributed by atoms with E-state index in [1.54, 1.807) is 4.57 Å². The predicted octanol–water partition coefficient (Wildman–Crippen LogP) is 2.60. The van der Waals surface area contributed by atoms with Gasteiger partial charge in [0.15, 0.2) is 0 Å². The normalized spacial score (nSPS) is 17.0. The van der Waals surface area contributed by atoms with Crippen LogP contribution in [0, 0.1) is 0 Å². The number of aliphatic hydroxyl groups is 1. The first-order chi connectivity index (χ1) is 15.7. The van der Waals surface area contributed by atoms with E-state index in [1.165, 1.54) is 0 Å². The minimum absolute atomic E-state index is 0.00635. The van der Waals surface area contributed by atoms with Gasteiger partial charge in [-0.15, -0.1) is 0 Å². The van der Waals surface area contributed by atoms with Crippen LogP contribution in [0.4, 0.5) is 0 Å². The van der Waals surface area contributed by atoms with E-state index in [9.17, 15) is 9.90 Å². The topological polar surface area (TPSA) is 76.0 Å². The Balaban J connectivity index is 1.67. The van der Waals surface area contributed by atoms with Crippen LogP contribution in [-0.4, -0.2) is 60.1 Å². The van der Waals surface area contributed by atoms with E-state index in [0.717, 1.165) is 41.9 Å². The van der Waals surface area contributed by atoms with Gasteiger partial charge in [0, 0.05) is 57.0 Å². The summed E-state index contributed by atoms with van der Waals surface area (Å²) >= 11 is 0. The number of aromatic nitrogens is 1. The van der Waals surface area contributed by atoms with Gasteiger partial charge in [0.2, 0.25) is 0 Å². The highest BCUT2D eigenvalue weighted by atomic mass is 16.5. The lowest BCUT2D eigenvalue weighted by Crippen LogP contribution is -2.52. The van der Waals surface area contributed by atoms with Crippen molar-refractivity contribution < 1.29 is 14.6 Å². The third kappa shape index (κ3) is 5.37. The number of nitrogens with zero attached hydrogens (tertiary/aromatic N) is 2. The summed E-state index contributed by atoms with van der Waals surface area (Å²) < 4.78 is 13.3. The van der Waals surface area contributed by atoms with Gasteiger partial charge in [-0.05, 0) is 42.6 Å². The zero-order valence-electron chi connectivity index (χ0n) is 18.5. The molecule has 1 aromatic heterocycles. The second-order valence-corrected chi connectivity index (χ2v) is 8.03. The molecule has 3 aromatic rings. The quantitative estimate of drug-likeness (QED) is 0.501. The standard InChI is InChI=1S/C25H31N3O4/c1-2-31-13-12-28-24-15-23(32-22-6-4-3-5-7-22)9-8-19(24)14-20(25(28)30)16-27-11-10-26-21(17-27)18-29/h3-9,14-15,21,26,29H,2,10-13,16-18H2,1H3. The van der Waals surface area contributed by atoms with Crippen LogP contribution in [-0.2, 0) is 17.8 Å². The van der Waals surface area contributed by atoms with Gasteiger partial charge in [0.25, 0.3) is 5.56 Å². The maximum atomic E-state index is 13.4. The van der Waals surface area contributed by atoms with Crippen LogP contribution < -0.4 is 15.6 Å². The Morgan fingerprint density at radius 3 is 2.75 bits per heavy atom. The summed E-state index contributed by atoms with van der Waals surface area (Å²) in [5, 5.41) is 13.8. The zero-order chi connectivity index (χ0) is 22.3. The SMILES string of the molecule is CCOCCn1c(=O)c(CN2CCNC(CO)C2)cc2ccc(Oc3ccccc3)cc21. The van der Waals surface area contributed by atoms with Crippen molar-refractivity contribution in [2.75, 3.05) is 39.5 Å². The molecule has 4 rings (SSSR count). The zero-order valence-corrected chi connectivity index (χ0v) is 18.5. The maximum Gasteiger partial charge on any atom is 0.255 e. The van der Waals surface area contributed by atoms with Gasteiger partial charge in [-0.25, -0.2) is 0 Å². The molecule has 1 unspecified atom stereocenters. The van der Waals surface area contributed by atoms with Crippen molar-refractivity contribution in [2.45, 2.75) is 26.1 Å². The molecule has 2 aromatic carbocycles. The first-order valence-corrected chi connectivity index (χ1v) is 11.2. The van der Waals surface area contributed by atoms with Gasteiger partial charge in [-0.1, -0.05) is 18.2 Å². The first kappa shape index (κ1) is 22.5. The van der Waals surface area contributed by atoms with Crippen molar-refractivity contribution >= 4 is 10.9 Å². The molecule has 0 spiro atoms. The number of aliphatic hydroxyl groups excluding tert-OH is 1. The summed E-state index contributed by atoms with van der Waals surface area (Å²) in [7, 11) is 0. The second-order valence-electron chi connectivity index (χ2n) is 8.03. The van der Waals surface area contributed by atoms with Crippen LogP contribution in [0.1, 0.15) is 12.5 Å². The highest BCUT2D eigenvalue weighted by Crippen LogP contribution is 2.26. The lowest BCUT2D eigenvalue weighted by Gasteiger charge is -2.32. The Morgan fingerprint density at radius 2 is 1.97 bits per heavy atom. The number of benzene rings is 2. The Hall–Kier alpha value is -2.71. The van der Waals surface area contributed by atoms with Crippen molar-refractivity contribution in [3.8, 4) is 11.5 Å². The number of pyridine rings is 1. The van der Waals surface area contributed by atoms with Crippen LogP contribution in [0.25, 0.3) is 10.9 Å². The lowest BCUT2D eigenvalue weighted by atomic mass is 10.1. The fourth-order valence-electron chi connectivity index (χ4n) is 4.14.